The fraction of sp³-hybridized carbons (Fsp3) is 0.571. The highest BCUT2D eigenvalue weighted by molar-refractivity contribution is 6.37. The molecule has 1 fully saturated rings. The SMILES string of the molecule is CCC(NC(=O)C(=O)NC(=O)C1CCNCC1)c1ccc2c(c1)CCCC2. The molecule has 1 atom stereocenters. The van der Waals surface area contributed by atoms with Crippen LogP contribution in [-0.4, -0.2) is 30.8 Å². The van der Waals surface area contributed by atoms with Crippen molar-refractivity contribution in [2.24, 2.45) is 5.92 Å². The Morgan fingerprint density at radius 3 is 2.48 bits per heavy atom. The van der Waals surface area contributed by atoms with E-state index in [0.29, 0.717) is 19.3 Å². The van der Waals surface area contributed by atoms with Gasteiger partial charge in [-0.25, -0.2) is 0 Å². The fourth-order valence-electron chi connectivity index (χ4n) is 3.97. The summed E-state index contributed by atoms with van der Waals surface area (Å²) in [4.78, 5) is 36.6. The molecule has 6 nitrogen and oxygen atoms in total. The average Bonchev–Trinajstić information content (AvgIpc) is 2.72. The Labute approximate surface area is 160 Å². The average molecular weight is 371 g/mol. The number of aryl methyl sites for hydroxylation is 2. The van der Waals surface area contributed by atoms with Crippen molar-refractivity contribution in [3.05, 3.63) is 34.9 Å². The Morgan fingerprint density at radius 1 is 1.07 bits per heavy atom. The van der Waals surface area contributed by atoms with Crippen LogP contribution in [0.1, 0.15) is 61.8 Å². The van der Waals surface area contributed by atoms with Crippen molar-refractivity contribution in [1.82, 2.24) is 16.0 Å². The molecule has 1 aromatic rings. The lowest BCUT2D eigenvalue weighted by molar-refractivity contribution is -0.143. The van der Waals surface area contributed by atoms with Crippen LogP contribution in [0, 0.1) is 5.92 Å². The van der Waals surface area contributed by atoms with Gasteiger partial charge in [0.25, 0.3) is 0 Å². The van der Waals surface area contributed by atoms with Gasteiger partial charge in [-0.1, -0.05) is 25.1 Å². The summed E-state index contributed by atoms with van der Waals surface area (Å²) < 4.78 is 0. The molecule has 1 heterocycles. The number of amides is 3. The second-order valence-corrected chi connectivity index (χ2v) is 7.51. The summed E-state index contributed by atoms with van der Waals surface area (Å²) in [6.07, 6.45) is 6.66. The molecular weight excluding hydrogens is 342 g/mol. The van der Waals surface area contributed by atoms with Crippen LogP contribution in [0.15, 0.2) is 18.2 Å². The van der Waals surface area contributed by atoms with E-state index in [1.807, 2.05) is 13.0 Å². The summed E-state index contributed by atoms with van der Waals surface area (Å²) in [7, 11) is 0. The van der Waals surface area contributed by atoms with Crippen molar-refractivity contribution in [2.75, 3.05) is 13.1 Å². The molecule has 1 aromatic carbocycles. The molecule has 1 aliphatic heterocycles. The van der Waals surface area contributed by atoms with E-state index < -0.39 is 11.8 Å². The number of carbonyl (C=O) groups is 3. The molecule has 3 amide bonds. The minimum atomic E-state index is -0.866. The third kappa shape index (κ3) is 4.95. The van der Waals surface area contributed by atoms with Crippen LogP contribution in [-0.2, 0) is 27.2 Å². The third-order valence-corrected chi connectivity index (χ3v) is 5.64. The van der Waals surface area contributed by atoms with Crippen LogP contribution < -0.4 is 16.0 Å². The summed E-state index contributed by atoms with van der Waals surface area (Å²) in [5.41, 5.74) is 3.75. The minimum Gasteiger partial charge on any atom is -0.341 e. The normalized spacial score (nSPS) is 18.3. The molecule has 3 N–H and O–H groups in total. The molecule has 1 unspecified atom stereocenters. The number of piperidine rings is 1. The molecule has 6 heteroatoms. The topological polar surface area (TPSA) is 87.3 Å². The number of fused-ring (bicyclic) bond motifs is 1. The molecular formula is C21H29N3O3. The Morgan fingerprint density at radius 2 is 1.78 bits per heavy atom. The zero-order chi connectivity index (χ0) is 19.2. The maximum absolute atomic E-state index is 12.3. The van der Waals surface area contributed by atoms with Crippen LogP contribution in [0.5, 0.6) is 0 Å². The van der Waals surface area contributed by atoms with Crippen LogP contribution in [0.25, 0.3) is 0 Å². The number of hydrogen-bond donors (Lipinski definition) is 3. The first-order valence-corrected chi connectivity index (χ1v) is 10.1. The van der Waals surface area contributed by atoms with Gasteiger partial charge in [0.2, 0.25) is 5.91 Å². The molecule has 0 saturated carbocycles. The first kappa shape index (κ1) is 19.5. The molecule has 1 saturated heterocycles. The van der Waals surface area contributed by atoms with Crippen LogP contribution in [0.4, 0.5) is 0 Å². The van der Waals surface area contributed by atoms with Gasteiger partial charge in [0.1, 0.15) is 0 Å². The van der Waals surface area contributed by atoms with Gasteiger partial charge in [-0.3, -0.25) is 19.7 Å². The van der Waals surface area contributed by atoms with Gasteiger partial charge in [0.05, 0.1) is 6.04 Å². The van der Waals surface area contributed by atoms with E-state index in [0.717, 1.165) is 31.5 Å². The number of hydrogen-bond acceptors (Lipinski definition) is 4. The van der Waals surface area contributed by atoms with E-state index in [4.69, 9.17) is 0 Å². The minimum absolute atomic E-state index is 0.203. The van der Waals surface area contributed by atoms with Crippen LogP contribution >= 0.6 is 0 Å². The van der Waals surface area contributed by atoms with Gasteiger partial charge in [-0.15, -0.1) is 0 Å². The number of carbonyl (C=O) groups excluding carboxylic acids is 3. The molecule has 0 bridgehead atoms. The third-order valence-electron chi connectivity index (χ3n) is 5.64. The molecule has 2 aliphatic rings. The first-order valence-electron chi connectivity index (χ1n) is 10.1. The summed E-state index contributed by atoms with van der Waals surface area (Å²) in [5.74, 6) is -2.17. The Balaban J connectivity index is 1.59. The van der Waals surface area contributed by atoms with Gasteiger partial charge in [0.15, 0.2) is 0 Å². The highest BCUT2D eigenvalue weighted by atomic mass is 16.2. The lowest BCUT2D eigenvalue weighted by atomic mass is 9.89. The second kappa shape index (κ2) is 9.13. The molecule has 0 aromatic heterocycles. The van der Waals surface area contributed by atoms with Crippen LogP contribution in [0.3, 0.4) is 0 Å². The second-order valence-electron chi connectivity index (χ2n) is 7.51. The van der Waals surface area contributed by atoms with Crippen molar-refractivity contribution < 1.29 is 14.4 Å². The standard InChI is InChI=1S/C21H29N3O3/c1-2-18(17-8-7-14-5-3-4-6-16(14)13-17)23-20(26)21(27)24-19(25)15-9-11-22-12-10-15/h7-8,13,15,18,22H,2-6,9-12H2,1H3,(H,23,26)(H,24,25,27). The highest BCUT2D eigenvalue weighted by Crippen LogP contribution is 2.26. The van der Waals surface area contributed by atoms with Crippen molar-refractivity contribution in [3.8, 4) is 0 Å². The van der Waals surface area contributed by atoms with E-state index in [2.05, 4.69) is 28.1 Å². The summed E-state index contributed by atoms with van der Waals surface area (Å²) in [5, 5.41) is 8.22. The Kier molecular flexibility index (Phi) is 6.61. The molecule has 27 heavy (non-hydrogen) atoms. The number of benzene rings is 1. The molecule has 0 spiro atoms. The van der Waals surface area contributed by atoms with Gasteiger partial charge < -0.3 is 10.6 Å². The maximum atomic E-state index is 12.3. The van der Waals surface area contributed by atoms with E-state index in [9.17, 15) is 14.4 Å². The predicted octanol–water partition coefficient (Wildman–Crippen LogP) is 1.78. The monoisotopic (exact) mass is 371 g/mol. The lowest BCUT2D eigenvalue weighted by Gasteiger charge is -2.22. The highest BCUT2D eigenvalue weighted by Gasteiger charge is 2.26. The zero-order valence-electron chi connectivity index (χ0n) is 16.0. The van der Waals surface area contributed by atoms with Crippen LogP contribution in [0.2, 0.25) is 0 Å². The molecule has 3 rings (SSSR count). The van der Waals surface area contributed by atoms with Gasteiger partial charge >= 0.3 is 11.8 Å². The van der Waals surface area contributed by atoms with E-state index in [-0.39, 0.29) is 17.9 Å². The van der Waals surface area contributed by atoms with Gasteiger partial charge in [0, 0.05) is 5.92 Å². The fourth-order valence-corrected chi connectivity index (χ4v) is 3.97. The van der Waals surface area contributed by atoms with Crippen molar-refractivity contribution in [2.45, 2.75) is 57.9 Å². The molecule has 1 aliphatic carbocycles. The summed E-state index contributed by atoms with van der Waals surface area (Å²) in [6, 6.07) is 6.10. The number of rotatable bonds is 4. The summed E-state index contributed by atoms with van der Waals surface area (Å²) >= 11 is 0. The first-order chi connectivity index (χ1) is 13.1. The predicted molar refractivity (Wildman–Crippen MR) is 103 cm³/mol. The van der Waals surface area contributed by atoms with Gasteiger partial charge in [-0.05, 0) is 74.7 Å². The van der Waals surface area contributed by atoms with Gasteiger partial charge in [-0.2, -0.15) is 0 Å². The Bertz CT molecular complexity index is 711. The van der Waals surface area contributed by atoms with Crippen molar-refractivity contribution in [1.29, 1.82) is 0 Å². The molecule has 146 valence electrons. The lowest BCUT2D eigenvalue weighted by Crippen LogP contribution is -2.47. The summed E-state index contributed by atoms with van der Waals surface area (Å²) in [6.45, 7) is 3.49. The largest absolute Gasteiger partial charge is 0.341 e. The van der Waals surface area contributed by atoms with E-state index in [1.54, 1.807) is 0 Å². The Hall–Kier alpha value is -2.21. The van der Waals surface area contributed by atoms with E-state index in [1.165, 1.54) is 24.0 Å². The number of nitrogens with one attached hydrogen (secondary N) is 3. The van der Waals surface area contributed by atoms with E-state index >= 15 is 0 Å². The quantitative estimate of drug-likeness (QED) is 0.704. The number of imide groups is 1. The van der Waals surface area contributed by atoms with Crippen molar-refractivity contribution in [3.63, 3.8) is 0 Å². The smallest absolute Gasteiger partial charge is 0.315 e. The maximum Gasteiger partial charge on any atom is 0.315 e. The van der Waals surface area contributed by atoms with Crippen molar-refractivity contribution >= 4 is 17.7 Å². The zero-order valence-corrected chi connectivity index (χ0v) is 16.0. The molecule has 0 radical (unpaired) electrons.